The highest BCUT2D eigenvalue weighted by Crippen LogP contribution is 2.44. The van der Waals surface area contributed by atoms with Crippen LogP contribution >= 0.6 is 11.3 Å². The first-order valence-electron chi connectivity index (χ1n) is 5.32. The van der Waals surface area contributed by atoms with Crippen LogP contribution < -0.4 is 0 Å². The molecule has 0 bridgehead atoms. The fourth-order valence-corrected chi connectivity index (χ4v) is 2.97. The lowest BCUT2D eigenvalue weighted by atomic mass is 9.64. The maximum absolute atomic E-state index is 10.2. The lowest BCUT2D eigenvalue weighted by Gasteiger charge is -2.45. The van der Waals surface area contributed by atoms with E-state index < -0.39 is 5.60 Å². The van der Waals surface area contributed by atoms with Crippen molar-refractivity contribution in [1.29, 1.82) is 0 Å². The van der Waals surface area contributed by atoms with Gasteiger partial charge in [0.05, 0.1) is 5.60 Å². The van der Waals surface area contributed by atoms with Gasteiger partial charge in [0.2, 0.25) is 0 Å². The molecule has 0 unspecified atom stereocenters. The number of thiophene rings is 1. The highest BCUT2D eigenvalue weighted by molar-refractivity contribution is 7.07. The second-order valence-electron chi connectivity index (χ2n) is 4.95. The van der Waals surface area contributed by atoms with Crippen molar-refractivity contribution in [2.45, 2.75) is 38.7 Å². The monoisotopic (exact) mass is 210 g/mol. The first-order chi connectivity index (χ1) is 6.59. The summed E-state index contributed by atoms with van der Waals surface area (Å²) in [6.07, 6.45) is 2.82. The van der Waals surface area contributed by atoms with Crippen LogP contribution in [0.1, 0.15) is 32.3 Å². The van der Waals surface area contributed by atoms with Gasteiger partial charge in [-0.1, -0.05) is 13.8 Å². The van der Waals surface area contributed by atoms with Gasteiger partial charge in [0.15, 0.2) is 0 Å². The maximum atomic E-state index is 10.2. The van der Waals surface area contributed by atoms with Crippen molar-refractivity contribution in [1.82, 2.24) is 0 Å². The zero-order valence-electron chi connectivity index (χ0n) is 8.86. The minimum absolute atomic E-state index is 0.393. The van der Waals surface area contributed by atoms with E-state index in [9.17, 15) is 5.11 Å². The molecule has 0 saturated heterocycles. The summed E-state index contributed by atoms with van der Waals surface area (Å²) in [4.78, 5) is 0. The molecule has 0 aromatic carbocycles. The molecule has 0 atom stereocenters. The highest BCUT2D eigenvalue weighted by Gasteiger charge is 2.43. The second kappa shape index (κ2) is 3.67. The summed E-state index contributed by atoms with van der Waals surface area (Å²) in [7, 11) is 0. The van der Waals surface area contributed by atoms with E-state index in [0.29, 0.717) is 0 Å². The Morgan fingerprint density at radius 2 is 2.29 bits per heavy atom. The molecule has 0 radical (unpaired) electrons. The van der Waals surface area contributed by atoms with Crippen LogP contribution in [0.3, 0.4) is 0 Å². The third-order valence-electron chi connectivity index (χ3n) is 3.34. The summed E-state index contributed by atoms with van der Waals surface area (Å²) in [6.45, 7) is 4.49. The van der Waals surface area contributed by atoms with Gasteiger partial charge in [0, 0.05) is 6.42 Å². The quantitative estimate of drug-likeness (QED) is 0.813. The predicted octanol–water partition coefficient (Wildman–Crippen LogP) is 3.09. The summed E-state index contributed by atoms with van der Waals surface area (Å²) < 4.78 is 0. The third-order valence-corrected chi connectivity index (χ3v) is 4.07. The molecule has 1 saturated carbocycles. The van der Waals surface area contributed by atoms with Gasteiger partial charge in [-0.2, -0.15) is 11.3 Å². The summed E-state index contributed by atoms with van der Waals surface area (Å²) in [5.41, 5.74) is 0.899. The first-order valence-corrected chi connectivity index (χ1v) is 6.27. The second-order valence-corrected chi connectivity index (χ2v) is 5.73. The molecule has 0 spiro atoms. The molecular formula is C12H18OS. The Kier molecular flexibility index (Phi) is 2.67. The molecule has 2 rings (SSSR count). The number of aliphatic hydroxyl groups is 1. The van der Waals surface area contributed by atoms with Gasteiger partial charge in [-0.25, -0.2) is 0 Å². The zero-order chi connectivity index (χ0) is 10.2. The standard InChI is InChI=1S/C12H18OS/c1-9(2)11-6-12(13,7-11)5-10-3-4-14-8-10/h3-4,8-9,11,13H,5-7H2,1-2H3. The third kappa shape index (κ3) is 2.01. The average molecular weight is 210 g/mol. The van der Waals surface area contributed by atoms with E-state index in [1.807, 2.05) is 0 Å². The van der Waals surface area contributed by atoms with Gasteiger partial charge in [0.1, 0.15) is 0 Å². The maximum Gasteiger partial charge on any atom is 0.0693 e. The number of hydrogen-bond donors (Lipinski definition) is 1. The molecule has 0 amide bonds. The Balaban J connectivity index is 1.89. The van der Waals surface area contributed by atoms with Gasteiger partial charge >= 0.3 is 0 Å². The van der Waals surface area contributed by atoms with Crippen molar-refractivity contribution in [3.8, 4) is 0 Å². The van der Waals surface area contributed by atoms with Crippen LogP contribution in [0, 0.1) is 11.8 Å². The Morgan fingerprint density at radius 3 is 2.79 bits per heavy atom. The van der Waals surface area contributed by atoms with Crippen LogP contribution in [0.5, 0.6) is 0 Å². The minimum Gasteiger partial charge on any atom is -0.390 e. The van der Waals surface area contributed by atoms with E-state index in [1.165, 1.54) is 5.56 Å². The Hall–Kier alpha value is -0.340. The van der Waals surface area contributed by atoms with E-state index in [-0.39, 0.29) is 0 Å². The van der Waals surface area contributed by atoms with E-state index in [4.69, 9.17) is 0 Å². The van der Waals surface area contributed by atoms with Gasteiger partial charge < -0.3 is 5.11 Å². The Labute approximate surface area is 89.8 Å². The molecule has 0 aliphatic heterocycles. The molecule has 1 fully saturated rings. The van der Waals surface area contributed by atoms with Crippen molar-refractivity contribution in [2.75, 3.05) is 0 Å². The topological polar surface area (TPSA) is 20.2 Å². The Morgan fingerprint density at radius 1 is 1.57 bits per heavy atom. The number of rotatable bonds is 3. The fourth-order valence-electron chi connectivity index (χ4n) is 2.31. The number of hydrogen-bond acceptors (Lipinski definition) is 2. The van der Waals surface area contributed by atoms with Gasteiger partial charge in [-0.05, 0) is 47.1 Å². The van der Waals surface area contributed by atoms with Gasteiger partial charge in [-0.3, -0.25) is 0 Å². The van der Waals surface area contributed by atoms with E-state index in [0.717, 1.165) is 31.1 Å². The average Bonchev–Trinajstić information content (AvgIpc) is 2.51. The molecule has 1 aromatic rings. The summed E-state index contributed by atoms with van der Waals surface area (Å²) in [5, 5.41) is 14.4. The van der Waals surface area contributed by atoms with Crippen molar-refractivity contribution >= 4 is 11.3 Å². The van der Waals surface area contributed by atoms with Gasteiger partial charge in [-0.15, -0.1) is 0 Å². The van der Waals surface area contributed by atoms with E-state index in [2.05, 4.69) is 30.7 Å². The van der Waals surface area contributed by atoms with Crippen molar-refractivity contribution in [3.63, 3.8) is 0 Å². The molecular weight excluding hydrogens is 192 g/mol. The van der Waals surface area contributed by atoms with Crippen LogP contribution in [-0.4, -0.2) is 10.7 Å². The molecule has 1 aromatic heterocycles. The lowest BCUT2D eigenvalue weighted by Crippen LogP contribution is -2.47. The molecule has 1 heterocycles. The van der Waals surface area contributed by atoms with Crippen molar-refractivity contribution < 1.29 is 5.11 Å². The van der Waals surface area contributed by atoms with Crippen LogP contribution in [-0.2, 0) is 6.42 Å². The molecule has 2 heteroatoms. The van der Waals surface area contributed by atoms with Crippen LogP contribution in [0.2, 0.25) is 0 Å². The molecule has 1 aliphatic carbocycles. The minimum atomic E-state index is -0.393. The molecule has 14 heavy (non-hydrogen) atoms. The summed E-state index contributed by atoms with van der Waals surface area (Å²) in [5.74, 6) is 1.45. The molecule has 1 nitrogen and oxygen atoms in total. The summed E-state index contributed by atoms with van der Waals surface area (Å²) in [6, 6.07) is 2.12. The van der Waals surface area contributed by atoms with Crippen LogP contribution in [0.25, 0.3) is 0 Å². The normalized spacial score (nSPS) is 31.9. The van der Waals surface area contributed by atoms with E-state index >= 15 is 0 Å². The molecule has 78 valence electrons. The zero-order valence-corrected chi connectivity index (χ0v) is 9.68. The molecule has 1 N–H and O–H groups in total. The summed E-state index contributed by atoms with van der Waals surface area (Å²) >= 11 is 1.71. The van der Waals surface area contributed by atoms with Crippen molar-refractivity contribution in [2.24, 2.45) is 11.8 Å². The van der Waals surface area contributed by atoms with Crippen LogP contribution in [0.15, 0.2) is 16.8 Å². The Bertz CT molecular complexity index is 283. The smallest absolute Gasteiger partial charge is 0.0693 e. The van der Waals surface area contributed by atoms with E-state index in [1.54, 1.807) is 11.3 Å². The van der Waals surface area contributed by atoms with Crippen molar-refractivity contribution in [3.05, 3.63) is 22.4 Å². The highest BCUT2D eigenvalue weighted by atomic mass is 32.1. The van der Waals surface area contributed by atoms with Crippen LogP contribution in [0.4, 0.5) is 0 Å². The fraction of sp³-hybridized carbons (Fsp3) is 0.667. The van der Waals surface area contributed by atoms with Gasteiger partial charge in [0.25, 0.3) is 0 Å². The largest absolute Gasteiger partial charge is 0.390 e. The SMILES string of the molecule is CC(C)C1CC(O)(Cc2ccsc2)C1. The predicted molar refractivity (Wildman–Crippen MR) is 60.5 cm³/mol. The first kappa shape index (κ1) is 10.2. The molecule has 1 aliphatic rings. The lowest BCUT2D eigenvalue weighted by molar-refractivity contribution is -0.0859.